The molecular weight excluding hydrogens is 270 g/mol. The fraction of sp³-hybridized carbons (Fsp3) is 0.375. The van der Waals surface area contributed by atoms with Crippen molar-refractivity contribution in [3.8, 4) is 0 Å². The Balaban J connectivity index is 1.59. The molecule has 1 aromatic heterocycles. The third-order valence-corrected chi connectivity index (χ3v) is 3.99. The van der Waals surface area contributed by atoms with Gasteiger partial charge in [-0.2, -0.15) is 11.3 Å². The van der Waals surface area contributed by atoms with Gasteiger partial charge in [0.1, 0.15) is 0 Å². The Labute approximate surface area is 124 Å². The van der Waals surface area contributed by atoms with Crippen molar-refractivity contribution in [2.45, 2.75) is 26.2 Å². The molecule has 1 aromatic carbocycles. The molecule has 1 unspecified atom stereocenters. The zero-order valence-corrected chi connectivity index (χ0v) is 12.5. The third-order valence-electron chi connectivity index (χ3n) is 3.08. The van der Waals surface area contributed by atoms with Gasteiger partial charge in [-0.05, 0) is 34.4 Å². The molecular formula is C16H21NO2S. The van der Waals surface area contributed by atoms with Gasteiger partial charge in [0.2, 0.25) is 0 Å². The maximum Gasteiger partial charge on any atom is 0.0897 e. The summed E-state index contributed by atoms with van der Waals surface area (Å²) >= 11 is 1.71. The number of benzene rings is 1. The van der Waals surface area contributed by atoms with Crippen LogP contribution < -0.4 is 5.32 Å². The van der Waals surface area contributed by atoms with E-state index in [1.807, 2.05) is 30.3 Å². The number of thiophene rings is 1. The zero-order valence-electron chi connectivity index (χ0n) is 11.7. The molecule has 0 aliphatic carbocycles. The van der Waals surface area contributed by atoms with Gasteiger partial charge in [-0.15, -0.1) is 0 Å². The number of hydrogen-bond donors (Lipinski definition) is 2. The molecule has 1 heterocycles. The van der Waals surface area contributed by atoms with Crippen molar-refractivity contribution in [3.63, 3.8) is 0 Å². The maximum absolute atomic E-state index is 9.84. The van der Waals surface area contributed by atoms with Crippen LogP contribution in [-0.4, -0.2) is 24.4 Å². The van der Waals surface area contributed by atoms with Crippen LogP contribution in [0.4, 0.5) is 0 Å². The third kappa shape index (κ3) is 5.06. The number of rotatable bonds is 8. The Kier molecular flexibility index (Phi) is 6.21. The van der Waals surface area contributed by atoms with E-state index in [0.717, 1.165) is 12.1 Å². The minimum absolute atomic E-state index is 0.352. The first-order valence-electron chi connectivity index (χ1n) is 6.78. The first-order valence-corrected chi connectivity index (χ1v) is 7.72. The fourth-order valence-electron chi connectivity index (χ4n) is 1.89. The van der Waals surface area contributed by atoms with E-state index in [9.17, 15) is 5.11 Å². The predicted molar refractivity (Wildman–Crippen MR) is 82.9 cm³/mol. The molecule has 2 rings (SSSR count). The molecule has 0 fully saturated rings. The van der Waals surface area contributed by atoms with E-state index in [1.165, 1.54) is 11.1 Å². The van der Waals surface area contributed by atoms with Crippen molar-refractivity contribution in [2.75, 3.05) is 13.2 Å². The van der Waals surface area contributed by atoms with Crippen LogP contribution in [0.25, 0.3) is 0 Å². The van der Waals surface area contributed by atoms with Crippen molar-refractivity contribution in [3.05, 3.63) is 57.8 Å². The summed E-state index contributed by atoms with van der Waals surface area (Å²) in [5.41, 5.74) is 3.73. The van der Waals surface area contributed by atoms with Crippen molar-refractivity contribution >= 4 is 11.3 Å². The highest BCUT2D eigenvalue weighted by Gasteiger charge is 2.05. The molecule has 0 aliphatic heterocycles. The minimum atomic E-state index is -0.474. The van der Waals surface area contributed by atoms with Crippen molar-refractivity contribution in [2.24, 2.45) is 0 Å². The van der Waals surface area contributed by atoms with Gasteiger partial charge in [-0.25, -0.2) is 0 Å². The summed E-state index contributed by atoms with van der Waals surface area (Å²) < 4.78 is 5.51. The summed E-state index contributed by atoms with van der Waals surface area (Å²) in [5.74, 6) is 0. The van der Waals surface area contributed by atoms with Gasteiger partial charge in [-0.3, -0.25) is 0 Å². The fourth-order valence-corrected chi connectivity index (χ4v) is 2.74. The van der Waals surface area contributed by atoms with Crippen LogP contribution in [0.3, 0.4) is 0 Å². The Morgan fingerprint density at radius 1 is 1.25 bits per heavy atom. The summed E-state index contributed by atoms with van der Waals surface area (Å²) in [6.07, 6.45) is -0.474. The molecule has 0 bridgehead atoms. The largest absolute Gasteiger partial charge is 0.389 e. The standard InChI is InChI=1S/C16H21NO2S/c1-13-11-20-12-15(13)7-17-8-16(18)10-19-9-14-5-3-2-4-6-14/h2-6,11-12,16-18H,7-10H2,1H3. The second kappa shape index (κ2) is 8.17. The number of aliphatic hydroxyl groups is 1. The molecule has 0 amide bonds. The first-order chi connectivity index (χ1) is 9.75. The highest BCUT2D eigenvalue weighted by molar-refractivity contribution is 7.08. The van der Waals surface area contributed by atoms with Gasteiger partial charge in [0, 0.05) is 13.1 Å². The molecule has 20 heavy (non-hydrogen) atoms. The van der Waals surface area contributed by atoms with E-state index >= 15 is 0 Å². The van der Waals surface area contributed by atoms with Gasteiger partial charge in [-0.1, -0.05) is 30.3 Å². The zero-order chi connectivity index (χ0) is 14.2. The summed E-state index contributed by atoms with van der Waals surface area (Å²) in [5, 5.41) is 17.4. The average Bonchev–Trinajstić information content (AvgIpc) is 2.86. The van der Waals surface area contributed by atoms with E-state index in [2.05, 4.69) is 23.0 Å². The summed E-state index contributed by atoms with van der Waals surface area (Å²) in [6.45, 7) is 4.34. The van der Waals surface area contributed by atoms with Crippen molar-refractivity contribution < 1.29 is 9.84 Å². The Morgan fingerprint density at radius 3 is 2.75 bits per heavy atom. The molecule has 3 nitrogen and oxygen atoms in total. The van der Waals surface area contributed by atoms with Crippen LogP contribution in [-0.2, 0) is 17.9 Å². The number of aliphatic hydroxyl groups excluding tert-OH is 1. The lowest BCUT2D eigenvalue weighted by atomic mass is 10.2. The van der Waals surface area contributed by atoms with Crippen molar-refractivity contribution in [1.82, 2.24) is 5.32 Å². The van der Waals surface area contributed by atoms with Crippen LogP contribution in [0, 0.1) is 6.92 Å². The number of aryl methyl sites for hydroxylation is 1. The van der Waals surface area contributed by atoms with Crippen LogP contribution >= 0.6 is 11.3 Å². The molecule has 0 radical (unpaired) electrons. The van der Waals surface area contributed by atoms with E-state index in [0.29, 0.717) is 19.8 Å². The molecule has 0 spiro atoms. The lowest BCUT2D eigenvalue weighted by Gasteiger charge is -2.12. The van der Waals surface area contributed by atoms with Gasteiger partial charge in [0.05, 0.1) is 19.3 Å². The second-order valence-electron chi connectivity index (χ2n) is 4.87. The van der Waals surface area contributed by atoms with Crippen LogP contribution in [0.15, 0.2) is 41.1 Å². The highest BCUT2D eigenvalue weighted by Crippen LogP contribution is 2.12. The number of nitrogens with one attached hydrogen (secondary N) is 1. The Bertz CT molecular complexity index is 498. The van der Waals surface area contributed by atoms with Crippen molar-refractivity contribution in [1.29, 1.82) is 0 Å². The van der Waals surface area contributed by atoms with E-state index in [-0.39, 0.29) is 0 Å². The lowest BCUT2D eigenvalue weighted by molar-refractivity contribution is 0.0287. The molecule has 0 saturated carbocycles. The number of hydrogen-bond acceptors (Lipinski definition) is 4. The number of ether oxygens (including phenoxy) is 1. The monoisotopic (exact) mass is 291 g/mol. The first kappa shape index (κ1) is 15.2. The molecule has 2 N–H and O–H groups in total. The van der Waals surface area contributed by atoms with Gasteiger partial charge >= 0.3 is 0 Å². The van der Waals surface area contributed by atoms with Gasteiger partial charge in [0.15, 0.2) is 0 Å². The molecule has 4 heteroatoms. The van der Waals surface area contributed by atoms with Gasteiger partial charge < -0.3 is 15.2 Å². The topological polar surface area (TPSA) is 41.5 Å². The van der Waals surface area contributed by atoms with E-state index in [4.69, 9.17) is 4.74 Å². The lowest BCUT2D eigenvalue weighted by Crippen LogP contribution is -2.30. The normalized spacial score (nSPS) is 12.5. The average molecular weight is 291 g/mol. The van der Waals surface area contributed by atoms with Crippen LogP contribution in [0.1, 0.15) is 16.7 Å². The van der Waals surface area contributed by atoms with Gasteiger partial charge in [0.25, 0.3) is 0 Å². The summed E-state index contributed by atoms with van der Waals surface area (Å²) in [4.78, 5) is 0. The maximum atomic E-state index is 9.84. The van der Waals surface area contributed by atoms with Crippen LogP contribution in [0.2, 0.25) is 0 Å². The molecule has 0 saturated heterocycles. The Hall–Kier alpha value is -1.20. The SMILES string of the molecule is Cc1cscc1CNCC(O)COCc1ccccc1. The molecule has 1 atom stereocenters. The predicted octanol–water partition coefficient (Wildman–Crippen LogP) is 2.72. The molecule has 108 valence electrons. The second-order valence-corrected chi connectivity index (χ2v) is 5.61. The minimum Gasteiger partial charge on any atom is -0.389 e. The quantitative estimate of drug-likeness (QED) is 0.786. The highest BCUT2D eigenvalue weighted by atomic mass is 32.1. The molecule has 2 aromatic rings. The summed E-state index contributed by atoms with van der Waals surface area (Å²) in [6, 6.07) is 9.99. The molecule has 0 aliphatic rings. The smallest absolute Gasteiger partial charge is 0.0897 e. The van der Waals surface area contributed by atoms with E-state index in [1.54, 1.807) is 11.3 Å². The Morgan fingerprint density at radius 2 is 2.05 bits per heavy atom. The summed E-state index contributed by atoms with van der Waals surface area (Å²) in [7, 11) is 0. The van der Waals surface area contributed by atoms with Crippen LogP contribution in [0.5, 0.6) is 0 Å². The van der Waals surface area contributed by atoms with E-state index < -0.39 is 6.10 Å².